The topological polar surface area (TPSA) is 47.6 Å². The zero-order chi connectivity index (χ0) is 8.55. The summed E-state index contributed by atoms with van der Waals surface area (Å²) in [5, 5.41) is 0. The maximum absolute atomic E-state index is 5.74. The van der Waals surface area contributed by atoms with Crippen molar-refractivity contribution in [3.05, 3.63) is 0 Å². The molecule has 0 bridgehead atoms. The van der Waals surface area contributed by atoms with Crippen molar-refractivity contribution in [1.82, 2.24) is 0 Å². The lowest BCUT2D eigenvalue weighted by atomic mass is 9.81. The highest BCUT2D eigenvalue weighted by molar-refractivity contribution is 5.81. The van der Waals surface area contributed by atoms with Gasteiger partial charge in [0.1, 0.15) is 0 Å². The molecule has 2 N–H and O–H groups in total. The highest BCUT2D eigenvalue weighted by atomic mass is 16.5. The number of ether oxygens (including phenoxy) is 1. The molecule has 12 heavy (non-hydrogen) atoms. The van der Waals surface area contributed by atoms with E-state index >= 15 is 0 Å². The van der Waals surface area contributed by atoms with Crippen LogP contribution in [0.1, 0.15) is 19.8 Å². The molecular formula is C9H16N2O. The van der Waals surface area contributed by atoms with Crippen LogP contribution in [0, 0.1) is 11.8 Å². The van der Waals surface area contributed by atoms with Crippen molar-refractivity contribution in [2.75, 3.05) is 13.2 Å². The Kier molecular flexibility index (Phi) is 2.05. The molecule has 1 fully saturated rings. The van der Waals surface area contributed by atoms with Gasteiger partial charge in [-0.05, 0) is 12.3 Å². The molecule has 0 aliphatic carbocycles. The Morgan fingerprint density at radius 1 is 1.58 bits per heavy atom. The SMILES string of the molecule is CC1CC(N)=NC2CCOCC12. The second-order valence-electron chi connectivity index (χ2n) is 3.90. The first kappa shape index (κ1) is 8.05. The fraction of sp³-hybridized carbons (Fsp3) is 0.889. The van der Waals surface area contributed by atoms with Crippen molar-refractivity contribution in [3.63, 3.8) is 0 Å². The molecule has 0 aromatic heterocycles. The Bertz CT molecular complexity index is 203. The van der Waals surface area contributed by atoms with Gasteiger partial charge < -0.3 is 10.5 Å². The molecular weight excluding hydrogens is 152 g/mol. The predicted octanol–water partition coefficient (Wildman–Crippen LogP) is 0.789. The highest BCUT2D eigenvalue weighted by Crippen LogP contribution is 2.30. The minimum atomic E-state index is 0.447. The zero-order valence-corrected chi connectivity index (χ0v) is 7.49. The average molecular weight is 168 g/mol. The molecule has 0 aromatic rings. The van der Waals surface area contributed by atoms with Gasteiger partial charge in [0.15, 0.2) is 0 Å². The lowest BCUT2D eigenvalue weighted by Crippen LogP contribution is -2.41. The normalized spacial score (nSPS) is 41.8. The smallest absolute Gasteiger partial charge is 0.0943 e. The van der Waals surface area contributed by atoms with E-state index in [-0.39, 0.29) is 0 Å². The molecule has 68 valence electrons. The first-order chi connectivity index (χ1) is 5.77. The van der Waals surface area contributed by atoms with Gasteiger partial charge in [-0.15, -0.1) is 0 Å². The predicted molar refractivity (Wildman–Crippen MR) is 48.1 cm³/mol. The summed E-state index contributed by atoms with van der Waals surface area (Å²) in [5.41, 5.74) is 5.74. The minimum absolute atomic E-state index is 0.447. The molecule has 0 radical (unpaired) electrons. The third kappa shape index (κ3) is 1.33. The summed E-state index contributed by atoms with van der Waals surface area (Å²) >= 11 is 0. The monoisotopic (exact) mass is 168 g/mol. The molecule has 2 rings (SSSR count). The average Bonchev–Trinajstić information content (AvgIpc) is 2.04. The molecule has 2 aliphatic heterocycles. The van der Waals surface area contributed by atoms with Crippen molar-refractivity contribution >= 4 is 5.84 Å². The van der Waals surface area contributed by atoms with E-state index in [0.29, 0.717) is 17.9 Å². The maximum atomic E-state index is 5.74. The fourth-order valence-electron chi connectivity index (χ4n) is 2.20. The molecule has 3 nitrogen and oxygen atoms in total. The van der Waals surface area contributed by atoms with Crippen LogP contribution in [0.2, 0.25) is 0 Å². The van der Waals surface area contributed by atoms with Crippen LogP contribution in [0.25, 0.3) is 0 Å². The molecule has 1 saturated heterocycles. The number of nitrogens with two attached hydrogens (primary N) is 1. The van der Waals surface area contributed by atoms with Crippen LogP contribution >= 0.6 is 0 Å². The summed E-state index contributed by atoms with van der Waals surface area (Å²) in [6.45, 7) is 3.97. The lowest BCUT2D eigenvalue weighted by molar-refractivity contribution is 0.0190. The van der Waals surface area contributed by atoms with Crippen LogP contribution in [0.5, 0.6) is 0 Å². The van der Waals surface area contributed by atoms with Gasteiger partial charge in [0.25, 0.3) is 0 Å². The van der Waals surface area contributed by atoms with Crippen LogP contribution in [0.15, 0.2) is 4.99 Å². The molecule has 2 aliphatic rings. The highest BCUT2D eigenvalue weighted by Gasteiger charge is 2.33. The van der Waals surface area contributed by atoms with Crippen LogP contribution in [-0.4, -0.2) is 25.1 Å². The van der Waals surface area contributed by atoms with E-state index in [0.717, 1.165) is 31.9 Å². The van der Waals surface area contributed by atoms with Gasteiger partial charge in [0, 0.05) is 18.9 Å². The number of aliphatic imine (C=N–C) groups is 1. The van der Waals surface area contributed by atoms with Crippen LogP contribution in [-0.2, 0) is 4.74 Å². The largest absolute Gasteiger partial charge is 0.387 e. The summed E-state index contributed by atoms with van der Waals surface area (Å²) in [7, 11) is 0. The molecule has 0 spiro atoms. The van der Waals surface area contributed by atoms with E-state index in [9.17, 15) is 0 Å². The Balaban J connectivity index is 2.14. The summed E-state index contributed by atoms with van der Waals surface area (Å²) in [6.07, 6.45) is 2.00. The first-order valence-electron chi connectivity index (χ1n) is 4.67. The molecule has 3 heteroatoms. The molecule has 3 atom stereocenters. The third-order valence-corrected chi connectivity index (χ3v) is 2.96. The van der Waals surface area contributed by atoms with Gasteiger partial charge in [-0.3, -0.25) is 4.99 Å². The molecule has 0 saturated carbocycles. The summed E-state index contributed by atoms with van der Waals surface area (Å²) in [5.74, 6) is 2.10. The number of nitrogens with zero attached hydrogens (tertiary/aromatic N) is 1. The van der Waals surface area contributed by atoms with E-state index < -0.39 is 0 Å². The maximum Gasteiger partial charge on any atom is 0.0943 e. The Morgan fingerprint density at radius 2 is 2.42 bits per heavy atom. The quantitative estimate of drug-likeness (QED) is 0.581. The van der Waals surface area contributed by atoms with Gasteiger partial charge in [-0.25, -0.2) is 0 Å². The second kappa shape index (κ2) is 3.05. The van der Waals surface area contributed by atoms with E-state index in [1.165, 1.54) is 0 Å². The number of hydrogen-bond acceptors (Lipinski definition) is 3. The standard InChI is InChI=1S/C9H16N2O/c1-6-4-9(10)11-8-2-3-12-5-7(6)8/h6-8H,2-5H2,1H3,(H2,10,11). The fourth-order valence-corrected chi connectivity index (χ4v) is 2.20. The van der Waals surface area contributed by atoms with Crippen LogP contribution in [0.4, 0.5) is 0 Å². The molecule has 2 heterocycles. The van der Waals surface area contributed by atoms with Gasteiger partial charge in [-0.2, -0.15) is 0 Å². The first-order valence-corrected chi connectivity index (χ1v) is 4.67. The number of rotatable bonds is 0. The molecule has 0 aromatic carbocycles. The van der Waals surface area contributed by atoms with Crippen molar-refractivity contribution in [2.45, 2.75) is 25.8 Å². The Hall–Kier alpha value is -0.570. The van der Waals surface area contributed by atoms with Crippen molar-refractivity contribution in [2.24, 2.45) is 22.6 Å². The van der Waals surface area contributed by atoms with Crippen molar-refractivity contribution in [3.8, 4) is 0 Å². The van der Waals surface area contributed by atoms with Gasteiger partial charge in [-0.1, -0.05) is 6.92 Å². The number of hydrogen-bond donors (Lipinski definition) is 1. The van der Waals surface area contributed by atoms with Gasteiger partial charge in [0.2, 0.25) is 0 Å². The second-order valence-corrected chi connectivity index (χ2v) is 3.90. The molecule has 0 amide bonds. The minimum Gasteiger partial charge on any atom is -0.387 e. The molecule has 3 unspecified atom stereocenters. The summed E-state index contributed by atoms with van der Waals surface area (Å²) in [4.78, 5) is 4.47. The van der Waals surface area contributed by atoms with E-state index in [4.69, 9.17) is 10.5 Å². The summed E-state index contributed by atoms with van der Waals surface area (Å²) in [6, 6.07) is 0.447. The lowest BCUT2D eigenvalue weighted by Gasteiger charge is -2.36. The third-order valence-electron chi connectivity index (χ3n) is 2.96. The van der Waals surface area contributed by atoms with Gasteiger partial charge >= 0.3 is 0 Å². The van der Waals surface area contributed by atoms with Crippen molar-refractivity contribution in [1.29, 1.82) is 0 Å². The number of fused-ring (bicyclic) bond motifs is 1. The van der Waals surface area contributed by atoms with Crippen molar-refractivity contribution < 1.29 is 4.74 Å². The van der Waals surface area contributed by atoms with Crippen LogP contribution in [0.3, 0.4) is 0 Å². The Labute approximate surface area is 73.0 Å². The van der Waals surface area contributed by atoms with Gasteiger partial charge in [0.05, 0.1) is 18.5 Å². The Morgan fingerprint density at radius 3 is 3.25 bits per heavy atom. The number of amidine groups is 1. The van der Waals surface area contributed by atoms with E-state index in [2.05, 4.69) is 11.9 Å². The zero-order valence-electron chi connectivity index (χ0n) is 7.49. The summed E-state index contributed by atoms with van der Waals surface area (Å²) < 4.78 is 5.43. The van der Waals surface area contributed by atoms with Crippen LogP contribution < -0.4 is 5.73 Å². The van der Waals surface area contributed by atoms with E-state index in [1.54, 1.807) is 0 Å². The van der Waals surface area contributed by atoms with E-state index in [1.807, 2.05) is 0 Å².